The van der Waals surface area contributed by atoms with Crippen LogP contribution in [0.25, 0.3) is 0 Å². The zero-order valence-electron chi connectivity index (χ0n) is 14.8. The summed E-state index contributed by atoms with van der Waals surface area (Å²) in [6.45, 7) is 11.5. The molecule has 1 N–H and O–H groups in total. The Morgan fingerprint density at radius 1 is 1.23 bits per heavy atom. The van der Waals surface area contributed by atoms with Gasteiger partial charge in [-0.3, -0.25) is 0 Å². The van der Waals surface area contributed by atoms with Gasteiger partial charge < -0.3 is 5.11 Å². The molecule has 3 aliphatic rings. The van der Waals surface area contributed by atoms with E-state index in [1.807, 2.05) is 0 Å². The quantitative estimate of drug-likeness (QED) is 0.667. The minimum atomic E-state index is -0.302. The van der Waals surface area contributed by atoms with Gasteiger partial charge in [-0.15, -0.1) is 0 Å². The molecular weight excluding hydrogens is 268 g/mol. The van der Waals surface area contributed by atoms with Gasteiger partial charge in [0.25, 0.3) is 0 Å². The van der Waals surface area contributed by atoms with Crippen LogP contribution in [0.5, 0.6) is 0 Å². The smallest absolute Gasteiger partial charge is 0.0788 e. The highest BCUT2D eigenvalue weighted by atomic mass is 16.3. The first-order valence-electron chi connectivity index (χ1n) is 9.48. The SMILES string of the molecule is C=C1CCC(C)CC1C(O)/C=C1\CCCC2(C)C(C)CCC12. The molecule has 22 heavy (non-hydrogen) atoms. The summed E-state index contributed by atoms with van der Waals surface area (Å²) in [7, 11) is 0. The van der Waals surface area contributed by atoms with E-state index in [0.29, 0.717) is 11.3 Å². The number of allylic oxidation sites excluding steroid dienone is 1. The molecule has 1 heteroatoms. The van der Waals surface area contributed by atoms with E-state index in [1.54, 1.807) is 5.57 Å². The van der Waals surface area contributed by atoms with Crippen LogP contribution in [0.4, 0.5) is 0 Å². The Balaban J connectivity index is 1.77. The zero-order chi connectivity index (χ0) is 15.9. The van der Waals surface area contributed by atoms with Gasteiger partial charge in [0.05, 0.1) is 6.10 Å². The van der Waals surface area contributed by atoms with Crippen LogP contribution in [-0.2, 0) is 0 Å². The molecule has 0 aromatic carbocycles. The number of aliphatic hydroxyl groups excluding tert-OH is 1. The van der Waals surface area contributed by atoms with Gasteiger partial charge in [-0.1, -0.05) is 44.6 Å². The Labute approximate surface area is 136 Å². The van der Waals surface area contributed by atoms with Gasteiger partial charge in [-0.05, 0) is 74.5 Å². The van der Waals surface area contributed by atoms with Crippen LogP contribution in [0.3, 0.4) is 0 Å². The lowest BCUT2D eigenvalue weighted by Crippen LogP contribution is -2.33. The molecular formula is C21H34O. The summed E-state index contributed by atoms with van der Waals surface area (Å²) in [5.41, 5.74) is 3.33. The molecule has 0 heterocycles. The molecule has 6 unspecified atom stereocenters. The van der Waals surface area contributed by atoms with Crippen LogP contribution in [0.15, 0.2) is 23.8 Å². The van der Waals surface area contributed by atoms with Crippen molar-refractivity contribution in [3.63, 3.8) is 0 Å². The molecule has 0 spiro atoms. The minimum Gasteiger partial charge on any atom is -0.388 e. The van der Waals surface area contributed by atoms with Gasteiger partial charge >= 0.3 is 0 Å². The van der Waals surface area contributed by atoms with Gasteiger partial charge in [-0.2, -0.15) is 0 Å². The molecule has 1 nitrogen and oxygen atoms in total. The molecule has 6 atom stereocenters. The average Bonchev–Trinajstić information content (AvgIpc) is 2.78. The van der Waals surface area contributed by atoms with Crippen molar-refractivity contribution in [1.82, 2.24) is 0 Å². The van der Waals surface area contributed by atoms with Crippen molar-refractivity contribution in [2.45, 2.75) is 78.2 Å². The van der Waals surface area contributed by atoms with Gasteiger partial charge in [-0.25, -0.2) is 0 Å². The van der Waals surface area contributed by atoms with Crippen molar-refractivity contribution in [1.29, 1.82) is 0 Å². The van der Waals surface area contributed by atoms with Crippen LogP contribution in [0, 0.1) is 29.1 Å². The van der Waals surface area contributed by atoms with Gasteiger partial charge in [0.1, 0.15) is 0 Å². The maximum Gasteiger partial charge on any atom is 0.0788 e. The molecule has 0 aromatic rings. The highest BCUT2D eigenvalue weighted by Gasteiger charge is 2.47. The van der Waals surface area contributed by atoms with Crippen LogP contribution >= 0.6 is 0 Å². The minimum absolute atomic E-state index is 0.295. The van der Waals surface area contributed by atoms with Crippen LogP contribution < -0.4 is 0 Å². The van der Waals surface area contributed by atoms with E-state index >= 15 is 0 Å². The van der Waals surface area contributed by atoms with Crippen LogP contribution in [0.2, 0.25) is 0 Å². The predicted octanol–water partition coefficient (Wildman–Crippen LogP) is 5.50. The zero-order valence-corrected chi connectivity index (χ0v) is 14.8. The normalized spacial score (nSPS) is 45.8. The summed E-state index contributed by atoms with van der Waals surface area (Å²) >= 11 is 0. The first-order valence-corrected chi connectivity index (χ1v) is 9.48. The molecule has 3 saturated carbocycles. The molecule has 0 aliphatic heterocycles. The molecule has 3 fully saturated rings. The first-order chi connectivity index (χ1) is 10.4. The Kier molecular flexibility index (Phi) is 4.56. The highest BCUT2D eigenvalue weighted by molar-refractivity contribution is 5.21. The first kappa shape index (κ1) is 16.3. The average molecular weight is 303 g/mol. The summed E-state index contributed by atoms with van der Waals surface area (Å²) in [5, 5.41) is 10.8. The second-order valence-corrected chi connectivity index (χ2v) is 8.77. The van der Waals surface area contributed by atoms with E-state index in [2.05, 4.69) is 33.4 Å². The van der Waals surface area contributed by atoms with E-state index in [1.165, 1.54) is 44.1 Å². The fourth-order valence-corrected chi connectivity index (χ4v) is 5.55. The van der Waals surface area contributed by atoms with Crippen LogP contribution in [0.1, 0.15) is 72.1 Å². The summed E-state index contributed by atoms with van der Waals surface area (Å²) < 4.78 is 0. The molecule has 0 aromatic heterocycles. The molecule has 0 radical (unpaired) electrons. The van der Waals surface area contributed by atoms with Gasteiger partial charge in [0.15, 0.2) is 0 Å². The van der Waals surface area contributed by atoms with E-state index in [0.717, 1.165) is 30.6 Å². The second kappa shape index (κ2) is 6.15. The monoisotopic (exact) mass is 302 g/mol. The van der Waals surface area contributed by atoms with E-state index in [-0.39, 0.29) is 6.10 Å². The van der Waals surface area contributed by atoms with Gasteiger partial charge in [0, 0.05) is 5.92 Å². The Hall–Kier alpha value is -0.560. The predicted molar refractivity (Wildman–Crippen MR) is 93.6 cm³/mol. The third-order valence-electron chi connectivity index (χ3n) is 7.37. The van der Waals surface area contributed by atoms with Crippen molar-refractivity contribution in [2.24, 2.45) is 29.1 Å². The third kappa shape index (κ3) is 2.82. The van der Waals surface area contributed by atoms with Crippen molar-refractivity contribution in [2.75, 3.05) is 0 Å². The van der Waals surface area contributed by atoms with E-state index in [4.69, 9.17) is 0 Å². The third-order valence-corrected chi connectivity index (χ3v) is 7.37. The molecule has 0 saturated heterocycles. The van der Waals surface area contributed by atoms with E-state index in [9.17, 15) is 5.11 Å². The number of hydrogen-bond donors (Lipinski definition) is 1. The maximum absolute atomic E-state index is 10.8. The highest BCUT2D eigenvalue weighted by Crippen LogP contribution is 2.57. The molecule has 124 valence electrons. The topological polar surface area (TPSA) is 20.2 Å². The second-order valence-electron chi connectivity index (χ2n) is 8.77. The number of aliphatic hydroxyl groups is 1. The standard InChI is InChI=1S/C21H34O/c1-14-7-8-15(2)18(12-14)20(22)13-17-6-5-11-21(4)16(3)9-10-19(17)21/h13-14,16,18-20,22H,2,5-12H2,1,3-4H3/b17-13+. The molecule has 0 bridgehead atoms. The molecule has 0 amide bonds. The van der Waals surface area contributed by atoms with Crippen molar-refractivity contribution < 1.29 is 5.11 Å². The largest absolute Gasteiger partial charge is 0.388 e. The van der Waals surface area contributed by atoms with Crippen molar-refractivity contribution in [3.8, 4) is 0 Å². The molecule has 3 aliphatic carbocycles. The maximum atomic E-state index is 10.8. The number of hydrogen-bond acceptors (Lipinski definition) is 1. The lowest BCUT2D eigenvalue weighted by atomic mass is 9.63. The molecule has 3 rings (SSSR count). The summed E-state index contributed by atoms with van der Waals surface area (Å²) in [4.78, 5) is 0. The summed E-state index contributed by atoms with van der Waals surface area (Å²) in [5.74, 6) is 2.58. The lowest BCUT2D eigenvalue weighted by Gasteiger charge is -2.42. The fourth-order valence-electron chi connectivity index (χ4n) is 5.55. The van der Waals surface area contributed by atoms with Crippen molar-refractivity contribution in [3.05, 3.63) is 23.8 Å². The Bertz CT molecular complexity index is 463. The summed E-state index contributed by atoms with van der Waals surface area (Å²) in [6.07, 6.45) is 12.0. The number of fused-ring (bicyclic) bond motifs is 1. The summed E-state index contributed by atoms with van der Waals surface area (Å²) in [6, 6.07) is 0. The lowest BCUT2D eigenvalue weighted by molar-refractivity contribution is 0.127. The fraction of sp³-hybridized carbons (Fsp3) is 0.810. The Morgan fingerprint density at radius 2 is 2.00 bits per heavy atom. The van der Waals surface area contributed by atoms with Crippen molar-refractivity contribution >= 4 is 0 Å². The number of rotatable bonds is 2. The van der Waals surface area contributed by atoms with Gasteiger partial charge in [0.2, 0.25) is 0 Å². The van der Waals surface area contributed by atoms with Crippen LogP contribution in [-0.4, -0.2) is 11.2 Å². The van der Waals surface area contributed by atoms with E-state index < -0.39 is 0 Å². The Morgan fingerprint density at radius 3 is 2.77 bits per heavy atom.